The maximum Gasteiger partial charge on any atom is 0.136 e. The van der Waals surface area contributed by atoms with Crippen molar-refractivity contribution in [3.8, 4) is 22.5 Å². The van der Waals surface area contributed by atoms with Crippen LogP contribution in [0.5, 0.6) is 0 Å². The molecule has 0 saturated carbocycles. The van der Waals surface area contributed by atoms with Gasteiger partial charge in [0.1, 0.15) is 11.2 Å². The second-order valence-electron chi connectivity index (χ2n) is 9.77. The number of rotatable bonds is 3. The molecule has 45 heavy (non-hydrogen) atoms. The van der Waals surface area contributed by atoms with Crippen LogP contribution in [0.1, 0.15) is 35.6 Å². The van der Waals surface area contributed by atoms with Crippen LogP contribution in [0.25, 0.3) is 88.1 Å². The zero-order chi connectivity index (χ0) is 52.1. The van der Waals surface area contributed by atoms with E-state index in [4.69, 9.17) is 30.5 Å². The highest BCUT2D eigenvalue weighted by atomic mass is 16.3. The van der Waals surface area contributed by atoms with Crippen molar-refractivity contribution in [2.45, 2.75) is 0 Å². The molecule has 0 aliphatic carbocycles. The first-order valence-corrected chi connectivity index (χ1v) is 13.2. The van der Waals surface area contributed by atoms with Crippen molar-refractivity contribution in [1.82, 2.24) is 9.13 Å². The summed E-state index contributed by atoms with van der Waals surface area (Å²) in [4.78, 5) is 0. The van der Waals surface area contributed by atoms with Crippen LogP contribution in [0.2, 0.25) is 0 Å². The van der Waals surface area contributed by atoms with Crippen molar-refractivity contribution in [1.29, 1.82) is 0 Å². The number of fused-ring (bicyclic) bond motifs is 9. The average molecular weight is 601 g/mol. The summed E-state index contributed by atoms with van der Waals surface area (Å²) in [7, 11) is 0. The quantitative estimate of drug-likeness (QED) is 0.198. The normalized spacial score (nSPS) is 20.1. The van der Waals surface area contributed by atoms with Gasteiger partial charge in [-0.05, 0) is 65.5 Å². The minimum Gasteiger partial charge on any atom is -0.456 e. The molecule has 3 heteroatoms. The number of aromatic nitrogens is 2. The van der Waals surface area contributed by atoms with Crippen molar-refractivity contribution >= 4 is 65.6 Å². The first-order chi connectivity index (χ1) is 33.2. The van der Waals surface area contributed by atoms with E-state index >= 15 is 0 Å². The Morgan fingerprint density at radius 2 is 0.933 bits per heavy atom. The van der Waals surface area contributed by atoms with Crippen molar-refractivity contribution in [2.24, 2.45) is 0 Å². The lowest BCUT2D eigenvalue weighted by Crippen LogP contribution is -1.97. The molecule has 3 heterocycles. The molecule has 7 aromatic carbocycles. The third-order valence-electron chi connectivity index (χ3n) is 7.43. The molecular formula is C42H26N2O. The SMILES string of the molecule is [2H]c1c([2H])c(-c2c([2H])c([2H])c([2H])c3oc4c([2H])c([2H])c([2H])c([2H])c4c23)c([2H])c(-n2c3c([2H])c([2H])c([2H])c([2H])c3c3c([2H])c([2H])c(-n4c5c([2H])c([2H])c([2H])c([2H])c5c5c([2H])c([2H])c([2H])c([2H])c54)c([2H])c32)c1[2H]. The Morgan fingerprint density at radius 3 is 1.64 bits per heavy atom. The first-order valence-electron chi connectivity index (χ1n) is 26.2. The molecule has 0 atom stereocenters. The number of nitrogens with zero attached hydrogens (tertiary/aromatic N) is 2. The summed E-state index contributed by atoms with van der Waals surface area (Å²) >= 11 is 0. The Bertz CT molecular complexity index is 4170. The van der Waals surface area contributed by atoms with Gasteiger partial charge in [-0.2, -0.15) is 0 Å². The second-order valence-corrected chi connectivity index (χ2v) is 9.77. The van der Waals surface area contributed by atoms with Gasteiger partial charge >= 0.3 is 0 Å². The molecule has 0 aliphatic heterocycles. The summed E-state index contributed by atoms with van der Waals surface area (Å²) in [6.07, 6.45) is 0. The van der Waals surface area contributed by atoms with Gasteiger partial charge in [0.2, 0.25) is 0 Å². The molecule has 0 bridgehead atoms. The van der Waals surface area contributed by atoms with Crippen LogP contribution in [0.4, 0.5) is 0 Å². The van der Waals surface area contributed by atoms with E-state index in [1.165, 1.54) is 0 Å². The van der Waals surface area contributed by atoms with Gasteiger partial charge in [-0.1, -0.05) is 103 Å². The molecule has 3 aromatic heterocycles. The van der Waals surface area contributed by atoms with Gasteiger partial charge in [-0.3, -0.25) is 0 Å². The largest absolute Gasteiger partial charge is 0.456 e. The molecule has 0 amide bonds. The summed E-state index contributed by atoms with van der Waals surface area (Å²) in [6, 6.07) is -22.8. The lowest BCUT2D eigenvalue weighted by atomic mass is 9.99. The van der Waals surface area contributed by atoms with Gasteiger partial charge < -0.3 is 13.6 Å². The van der Waals surface area contributed by atoms with E-state index < -0.39 is 245 Å². The second kappa shape index (κ2) is 9.22. The average Bonchev–Trinajstić information content (AvgIpc) is 4.02. The third-order valence-corrected chi connectivity index (χ3v) is 7.43. The molecule has 0 spiro atoms. The molecule has 0 aliphatic rings. The Hall–Kier alpha value is -6.06. The fourth-order valence-corrected chi connectivity index (χ4v) is 5.60. The van der Waals surface area contributed by atoms with E-state index in [0.29, 0.717) is 0 Å². The summed E-state index contributed by atoms with van der Waals surface area (Å²) < 4.78 is 240. The van der Waals surface area contributed by atoms with E-state index in [1.807, 2.05) is 0 Å². The number of furan rings is 1. The summed E-state index contributed by atoms with van der Waals surface area (Å²) in [5, 5.41) is -3.01. The number of hydrogen-bond donors (Lipinski definition) is 0. The van der Waals surface area contributed by atoms with Crippen molar-refractivity contribution < 1.29 is 40.1 Å². The van der Waals surface area contributed by atoms with Gasteiger partial charge in [-0.25, -0.2) is 0 Å². The topological polar surface area (TPSA) is 23.0 Å². The van der Waals surface area contributed by atoms with Gasteiger partial charge in [0.25, 0.3) is 0 Å². The van der Waals surface area contributed by atoms with Crippen LogP contribution in [-0.2, 0) is 0 Å². The molecule has 0 radical (unpaired) electrons. The minimum atomic E-state index is -1.05. The zero-order valence-corrected chi connectivity index (χ0v) is 22.3. The molecule has 10 rings (SSSR count). The van der Waals surface area contributed by atoms with E-state index in [9.17, 15) is 9.60 Å². The number of para-hydroxylation sites is 4. The van der Waals surface area contributed by atoms with Crippen LogP contribution in [-0.4, -0.2) is 9.13 Å². The van der Waals surface area contributed by atoms with Crippen molar-refractivity contribution in [3.05, 3.63) is 157 Å². The maximum absolute atomic E-state index is 10.0. The molecular weight excluding hydrogens is 548 g/mol. The minimum absolute atomic E-state index is 0.446. The fourth-order valence-electron chi connectivity index (χ4n) is 5.60. The lowest BCUT2D eigenvalue weighted by molar-refractivity contribution is 0.669. The Morgan fingerprint density at radius 1 is 0.400 bits per heavy atom. The zero-order valence-electron chi connectivity index (χ0n) is 48.3. The first kappa shape index (κ1) is 10.3. The summed E-state index contributed by atoms with van der Waals surface area (Å²) in [5.41, 5.74) is -6.80. The standard InChI is InChI=1S/C42H26N2O/c1-5-18-36-31(13-1)32-14-2-6-19-37(32)43(36)29-23-24-34-33-15-3-7-20-38(33)44(39(34)26-29)28-12-9-11-27(25-28)30-17-10-22-41-42(30)35-16-4-8-21-40(35)45-41/h1-26H/i1D,2D,3D,4D,5D,6D,7D,8D,9D,10D,11D,12D,13D,14D,15D,16D,17D,18D,19D,20D,21D,22D,23D,24D,25D,26D. The highest BCUT2D eigenvalue weighted by molar-refractivity contribution is 6.14. The van der Waals surface area contributed by atoms with Gasteiger partial charge in [0.15, 0.2) is 0 Å². The predicted molar refractivity (Wildman–Crippen MR) is 188 cm³/mol. The van der Waals surface area contributed by atoms with Gasteiger partial charge in [0.05, 0.1) is 57.7 Å². The molecule has 0 fully saturated rings. The van der Waals surface area contributed by atoms with Crippen LogP contribution >= 0.6 is 0 Å². The molecule has 0 unspecified atom stereocenters. The van der Waals surface area contributed by atoms with Crippen LogP contribution in [0.15, 0.2) is 162 Å². The summed E-state index contributed by atoms with van der Waals surface area (Å²) in [6.45, 7) is 0. The van der Waals surface area contributed by atoms with Crippen molar-refractivity contribution in [3.63, 3.8) is 0 Å². The third kappa shape index (κ3) is 3.46. The van der Waals surface area contributed by atoms with E-state index in [2.05, 4.69) is 0 Å². The van der Waals surface area contributed by atoms with Crippen LogP contribution in [0.3, 0.4) is 0 Å². The van der Waals surface area contributed by atoms with Crippen LogP contribution in [0, 0.1) is 0 Å². The summed E-state index contributed by atoms with van der Waals surface area (Å²) in [5.74, 6) is 0. The monoisotopic (exact) mass is 600 g/mol. The number of hydrogen-bond acceptors (Lipinski definition) is 1. The molecule has 0 saturated heterocycles. The highest BCUT2D eigenvalue weighted by Gasteiger charge is 2.17. The Labute approximate surface area is 295 Å². The molecule has 0 N–H and O–H groups in total. The Balaban J connectivity index is 1.49. The molecule has 10 aromatic rings. The lowest BCUT2D eigenvalue weighted by Gasteiger charge is -2.13. The van der Waals surface area contributed by atoms with Gasteiger partial charge in [-0.15, -0.1) is 0 Å². The van der Waals surface area contributed by atoms with E-state index in [-0.39, 0.29) is 0 Å². The van der Waals surface area contributed by atoms with Crippen LogP contribution < -0.4 is 0 Å². The maximum atomic E-state index is 10.0. The molecule has 210 valence electrons. The predicted octanol–water partition coefficient (Wildman–Crippen LogP) is 11.4. The fraction of sp³-hybridized carbons (Fsp3) is 0. The number of benzene rings is 7. The highest BCUT2D eigenvalue weighted by Crippen LogP contribution is 2.40. The van der Waals surface area contributed by atoms with Crippen molar-refractivity contribution in [2.75, 3.05) is 0 Å². The van der Waals surface area contributed by atoms with Gasteiger partial charge in [0, 0.05) is 43.7 Å². The smallest absolute Gasteiger partial charge is 0.136 e. The Kier molecular flexibility index (Phi) is 2.10. The van der Waals surface area contributed by atoms with E-state index in [1.54, 1.807) is 0 Å². The van der Waals surface area contributed by atoms with E-state index in [0.717, 1.165) is 9.13 Å². The molecule has 3 nitrogen and oxygen atoms in total.